The number of amides is 1. The summed E-state index contributed by atoms with van der Waals surface area (Å²) >= 11 is 0. The van der Waals surface area contributed by atoms with Crippen molar-refractivity contribution < 1.29 is 22.7 Å². The minimum absolute atomic E-state index is 0.128. The lowest BCUT2D eigenvalue weighted by Crippen LogP contribution is -2.41. The van der Waals surface area contributed by atoms with Crippen molar-refractivity contribution in [2.24, 2.45) is 0 Å². The molecule has 0 spiro atoms. The number of imidazole rings is 1. The predicted molar refractivity (Wildman–Crippen MR) is 101 cm³/mol. The van der Waals surface area contributed by atoms with Crippen LogP contribution < -0.4 is 0 Å². The molecule has 8 heteroatoms. The van der Waals surface area contributed by atoms with E-state index >= 15 is 0 Å². The van der Waals surface area contributed by atoms with Crippen LogP contribution in [0.3, 0.4) is 0 Å². The Balaban J connectivity index is 1.55. The number of likely N-dealkylation sites (tertiary alicyclic amines) is 1. The van der Waals surface area contributed by atoms with E-state index in [1.165, 1.54) is 9.47 Å². The monoisotopic (exact) mass is 403 g/mol. The van der Waals surface area contributed by atoms with E-state index in [9.17, 15) is 18.0 Å². The molecule has 0 radical (unpaired) electrons. The Labute approximate surface area is 165 Å². The summed E-state index contributed by atoms with van der Waals surface area (Å²) in [4.78, 5) is 17.8. The van der Waals surface area contributed by atoms with E-state index in [0.29, 0.717) is 30.4 Å². The minimum atomic E-state index is -4.57. The van der Waals surface area contributed by atoms with Gasteiger partial charge in [0.05, 0.1) is 17.1 Å². The average Bonchev–Trinajstić information content (AvgIpc) is 3.13. The Morgan fingerprint density at radius 3 is 2.59 bits per heavy atom. The lowest BCUT2D eigenvalue weighted by molar-refractivity contribution is -0.147. The van der Waals surface area contributed by atoms with Crippen LogP contribution in [0.25, 0.3) is 11.0 Å². The largest absolute Gasteiger partial charge is 0.449 e. The van der Waals surface area contributed by atoms with Gasteiger partial charge in [0.2, 0.25) is 5.82 Å². The number of aromatic nitrogens is 2. The van der Waals surface area contributed by atoms with Crippen LogP contribution in [0.1, 0.15) is 30.3 Å². The summed E-state index contributed by atoms with van der Waals surface area (Å²) in [6.07, 6.45) is -3.97. The molecule has 4 rings (SSSR count). The quantitative estimate of drug-likeness (QED) is 0.616. The maximum Gasteiger partial charge on any atom is 0.449 e. The molecule has 29 heavy (non-hydrogen) atoms. The first-order valence-corrected chi connectivity index (χ1v) is 9.43. The van der Waals surface area contributed by atoms with Gasteiger partial charge in [-0.3, -0.25) is 0 Å². The lowest BCUT2D eigenvalue weighted by atomic mass is 10.1. The number of benzene rings is 2. The standard InChI is InChI=1S/C21H20F3N3O2/c22-21(23,24)19-25-17-10-4-5-11-18(17)27(19)16-9-6-12-26(13-16)20(28)29-14-15-7-2-1-3-8-15/h1-5,7-8,10-11,16H,6,9,12-14H2/t16-/m1/s1. The van der Waals surface area contributed by atoms with Gasteiger partial charge < -0.3 is 14.2 Å². The maximum atomic E-state index is 13.6. The third-order valence-corrected chi connectivity index (χ3v) is 5.07. The summed E-state index contributed by atoms with van der Waals surface area (Å²) in [5.74, 6) is -0.928. The highest BCUT2D eigenvalue weighted by Crippen LogP contribution is 2.36. The molecule has 1 aliphatic rings. The molecule has 1 aliphatic heterocycles. The van der Waals surface area contributed by atoms with Crippen LogP contribution in [0.15, 0.2) is 54.6 Å². The number of alkyl halides is 3. The Hall–Kier alpha value is -3.03. The number of hydrogen-bond donors (Lipinski definition) is 0. The molecule has 5 nitrogen and oxygen atoms in total. The zero-order valence-corrected chi connectivity index (χ0v) is 15.6. The maximum absolute atomic E-state index is 13.6. The van der Waals surface area contributed by atoms with Crippen LogP contribution in [0, 0.1) is 0 Å². The van der Waals surface area contributed by atoms with E-state index in [2.05, 4.69) is 4.98 Å². The van der Waals surface area contributed by atoms with E-state index in [1.54, 1.807) is 24.3 Å². The second-order valence-corrected chi connectivity index (χ2v) is 7.07. The number of piperidine rings is 1. The van der Waals surface area contributed by atoms with Gasteiger partial charge in [0, 0.05) is 13.1 Å². The van der Waals surface area contributed by atoms with Crippen LogP contribution in [-0.4, -0.2) is 33.6 Å². The van der Waals surface area contributed by atoms with Gasteiger partial charge in [-0.05, 0) is 30.5 Å². The molecule has 1 atom stereocenters. The Bertz CT molecular complexity index is 1000. The van der Waals surface area contributed by atoms with Gasteiger partial charge in [0.15, 0.2) is 0 Å². The number of ether oxygens (including phenoxy) is 1. The third kappa shape index (κ3) is 4.06. The minimum Gasteiger partial charge on any atom is -0.445 e. The molecule has 1 fully saturated rings. The highest BCUT2D eigenvalue weighted by atomic mass is 19.4. The highest BCUT2D eigenvalue weighted by molar-refractivity contribution is 5.76. The van der Waals surface area contributed by atoms with E-state index in [1.807, 2.05) is 30.3 Å². The second kappa shape index (κ2) is 7.77. The van der Waals surface area contributed by atoms with Crippen molar-refractivity contribution in [1.29, 1.82) is 0 Å². The van der Waals surface area contributed by atoms with Crippen LogP contribution in [-0.2, 0) is 17.5 Å². The molecule has 2 heterocycles. The van der Waals surface area contributed by atoms with Crippen molar-refractivity contribution >= 4 is 17.1 Å². The summed E-state index contributed by atoms with van der Waals surface area (Å²) < 4.78 is 47.4. The molecule has 0 N–H and O–H groups in total. The fourth-order valence-electron chi connectivity index (χ4n) is 3.76. The highest BCUT2D eigenvalue weighted by Gasteiger charge is 2.40. The molecule has 1 aromatic heterocycles. The first kappa shape index (κ1) is 19.3. The number of fused-ring (bicyclic) bond motifs is 1. The Morgan fingerprint density at radius 2 is 1.83 bits per heavy atom. The number of hydrogen-bond acceptors (Lipinski definition) is 3. The van der Waals surface area contributed by atoms with Gasteiger partial charge in [-0.25, -0.2) is 9.78 Å². The van der Waals surface area contributed by atoms with Crippen LogP contribution in [0.2, 0.25) is 0 Å². The predicted octanol–water partition coefficient (Wildman–Crippen LogP) is 5.03. The zero-order valence-electron chi connectivity index (χ0n) is 15.6. The average molecular weight is 403 g/mol. The summed E-state index contributed by atoms with van der Waals surface area (Å²) in [5.41, 5.74) is 1.57. The molecular weight excluding hydrogens is 383 g/mol. The second-order valence-electron chi connectivity index (χ2n) is 7.07. The van der Waals surface area contributed by atoms with Crippen molar-refractivity contribution in [2.45, 2.75) is 31.7 Å². The number of carbonyl (C=O) groups excluding carboxylic acids is 1. The SMILES string of the molecule is O=C(OCc1ccccc1)N1CCC[C@@H](n2c(C(F)(F)F)nc3ccccc32)C1. The molecule has 0 aliphatic carbocycles. The molecule has 1 amide bonds. The number of para-hydroxylation sites is 2. The topological polar surface area (TPSA) is 47.4 Å². The van der Waals surface area contributed by atoms with Crippen molar-refractivity contribution in [3.8, 4) is 0 Å². The van der Waals surface area contributed by atoms with Gasteiger partial charge in [-0.2, -0.15) is 13.2 Å². The van der Waals surface area contributed by atoms with Crippen LogP contribution in [0.4, 0.5) is 18.0 Å². The van der Waals surface area contributed by atoms with E-state index < -0.39 is 24.1 Å². The zero-order chi connectivity index (χ0) is 20.4. The summed E-state index contributed by atoms with van der Waals surface area (Å²) in [5, 5.41) is 0. The third-order valence-electron chi connectivity index (χ3n) is 5.07. The van der Waals surface area contributed by atoms with Crippen molar-refractivity contribution in [1.82, 2.24) is 14.5 Å². The summed E-state index contributed by atoms with van der Waals surface area (Å²) in [6, 6.07) is 15.3. The fraction of sp³-hybridized carbons (Fsp3) is 0.333. The van der Waals surface area contributed by atoms with Gasteiger partial charge >= 0.3 is 12.3 Å². The molecule has 3 aromatic rings. The molecule has 152 valence electrons. The van der Waals surface area contributed by atoms with Gasteiger partial charge in [-0.1, -0.05) is 42.5 Å². The van der Waals surface area contributed by atoms with Crippen LogP contribution in [0.5, 0.6) is 0 Å². The first-order valence-electron chi connectivity index (χ1n) is 9.43. The molecular formula is C21H20F3N3O2. The molecule has 0 unspecified atom stereocenters. The van der Waals surface area contributed by atoms with Gasteiger partial charge in [0.1, 0.15) is 6.61 Å². The first-order chi connectivity index (χ1) is 13.9. The summed E-state index contributed by atoms with van der Waals surface area (Å²) in [7, 11) is 0. The number of rotatable bonds is 3. The molecule has 0 bridgehead atoms. The molecule has 1 saturated heterocycles. The van der Waals surface area contributed by atoms with Crippen LogP contribution >= 0.6 is 0 Å². The fourth-order valence-corrected chi connectivity index (χ4v) is 3.76. The van der Waals surface area contributed by atoms with Crippen molar-refractivity contribution in [2.75, 3.05) is 13.1 Å². The summed E-state index contributed by atoms with van der Waals surface area (Å²) in [6.45, 7) is 0.734. The lowest BCUT2D eigenvalue weighted by Gasteiger charge is -2.34. The van der Waals surface area contributed by atoms with E-state index in [0.717, 1.165) is 5.56 Å². The van der Waals surface area contributed by atoms with Gasteiger partial charge in [-0.15, -0.1) is 0 Å². The number of halogens is 3. The Morgan fingerprint density at radius 1 is 1.10 bits per heavy atom. The smallest absolute Gasteiger partial charge is 0.445 e. The van der Waals surface area contributed by atoms with Crippen molar-refractivity contribution in [3.63, 3.8) is 0 Å². The molecule has 2 aromatic carbocycles. The normalized spacial score (nSPS) is 17.5. The van der Waals surface area contributed by atoms with Gasteiger partial charge in [0.25, 0.3) is 0 Å². The number of nitrogens with zero attached hydrogens (tertiary/aromatic N) is 3. The van der Waals surface area contributed by atoms with E-state index in [4.69, 9.17) is 4.74 Å². The van der Waals surface area contributed by atoms with E-state index in [-0.39, 0.29) is 13.2 Å². The molecule has 0 saturated carbocycles. The Kier molecular flexibility index (Phi) is 5.17. The van der Waals surface area contributed by atoms with Crippen molar-refractivity contribution in [3.05, 3.63) is 66.0 Å². The number of carbonyl (C=O) groups is 1.